The molecule has 0 aliphatic carbocycles. The standard InChI is InChI=1S/C13H16BrF3N2O/c1-8(9-2-4-20-5-3-9)19-12-11(13(15,16)17)6-10(14)7-18-12/h6-9H,2-5H2,1H3,(H,18,19). The van der Waals surface area contributed by atoms with Crippen LogP contribution >= 0.6 is 15.9 Å². The lowest BCUT2D eigenvalue weighted by Gasteiger charge is -2.29. The number of aromatic nitrogens is 1. The van der Waals surface area contributed by atoms with Gasteiger partial charge in [-0.1, -0.05) is 0 Å². The predicted molar refractivity (Wildman–Crippen MR) is 73.6 cm³/mol. The van der Waals surface area contributed by atoms with Gasteiger partial charge in [0, 0.05) is 29.9 Å². The molecule has 1 aromatic rings. The lowest BCUT2D eigenvalue weighted by Crippen LogP contribution is -2.32. The third-order valence-corrected chi connectivity index (χ3v) is 3.93. The maximum Gasteiger partial charge on any atom is 0.419 e. The monoisotopic (exact) mass is 352 g/mol. The van der Waals surface area contributed by atoms with Crippen molar-refractivity contribution in [2.24, 2.45) is 5.92 Å². The van der Waals surface area contributed by atoms with Crippen molar-refractivity contribution in [1.82, 2.24) is 4.98 Å². The molecule has 2 heterocycles. The zero-order valence-corrected chi connectivity index (χ0v) is 12.6. The molecule has 0 saturated carbocycles. The van der Waals surface area contributed by atoms with E-state index in [1.165, 1.54) is 6.20 Å². The summed E-state index contributed by atoms with van der Waals surface area (Å²) < 4.78 is 44.6. The van der Waals surface area contributed by atoms with Gasteiger partial charge in [-0.05, 0) is 47.7 Å². The smallest absolute Gasteiger partial charge is 0.381 e. The second kappa shape index (κ2) is 6.30. The van der Waals surface area contributed by atoms with Crippen molar-refractivity contribution in [3.05, 3.63) is 22.3 Å². The quantitative estimate of drug-likeness (QED) is 0.889. The van der Waals surface area contributed by atoms with Gasteiger partial charge in [-0.15, -0.1) is 0 Å². The Balaban J connectivity index is 2.16. The maximum absolute atomic E-state index is 13.0. The van der Waals surface area contributed by atoms with Crippen LogP contribution in [0.25, 0.3) is 0 Å². The summed E-state index contributed by atoms with van der Waals surface area (Å²) in [5.74, 6) is 0.190. The fraction of sp³-hybridized carbons (Fsp3) is 0.615. The molecule has 0 spiro atoms. The molecule has 2 rings (SSSR count). The molecule has 1 N–H and O–H groups in total. The van der Waals surface area contributed by atoms with Crippen LogP contribution in [0.1, 0.15) is 25.3 Å². The Morgan fingerprint density at radius 1 is 1.40 bits per heavy atom. The minimum atomic E-state index is -4.42. The summed E-state index contributed by atoms with van der Waals surface area (Å²) in [4.78, 5) is 3.87. The van der Waals surface area contributed by atoms with E-state index in [1.807, 2.05) is 6.92 Å². The van der Waals surface area contributed by atoms with Crippen molar-refractivity contribution in [2.45, 2.75) is 32.0 Å². The highest BCUT2D eigenvalue weighted by Crippen LogP contribution is 2.36. The van der Waals surface area contributed by atoms with Crippen molar-refractivity contribution >= 4 is 21.7 Å². The first-order valence-corrected chi connectivity index (χ1v) is 7.24. The number of pyridine rings is 1. The van der Waals surface area contributed by atoms with Crippen molar-refractivity contribution in [2.75, 3.05) is 18.5 Å². The normalized spacial score (nSPS) is 18.9. The van der Waals surface area contributed by atoms with E-state index in [9.17, 15) is 13.2 Å². The van der Waals surface area contributed by atoms with Crippen LogP contribution in [0, 0.1) is 5.92 Å². The van der Waals surface area contributed by atoms with Crippen LogP contribution in [0.15, 0.2) is 16.7 Å². The van der Waals surface area contributed by atoms with Crippen LogP contribution in [0.4, 0.5) is 19.0 Å². The van der Waals surface area contributed by atoms with E-state index in [0.717, 1.165) is 18.9 Å². The third-order valence-electron chi connectivity index (χ3n) is 3.50. The Morgan fingerprint density at radius 2 is 2.05 bits per heavy atom. The Kier molecular flexibility index (Phi) is 4.90. The summed E-state index contributed by atoms with van der Waals surface area (Å²) in [5.41, 5.74) is -0.745. The Hall–Kier alpha value is -0.820. The Labute approximate surface area is 124 Å². The van der Waals surface area contributed by atoms with E-state index < -0.39 is 11.7 Å². The number of hydrogen-bond donors (Lipinski definition) is 1. The van der Waals surface area contributed by atoms with Gasteiger partial charge in [0.1, 0.15) is 5.82 Å². The lowest BCUT2D eigenvalue weighted by molar-refractivity contribution is -0.137. The highest BCUT2D eigenvalue weighted by molar-refractivity contribution is 9.10. The minimum Gasteiger partial charge on any atom is -0.381 e. The van der Waals surface area contributed by atoms with Crippen molar-refractivity contribution in [3.63, 3.8) is 0 Å². The van der Waals surface area contributed by atoms with Gasteiger partial charge >= 0.3 is 6.18 Å². The summed E-state index contributed by atoms with van der Waals surface area (Å²) >= 11 is 3.02. The van der Waals surface area contributed by atoms with Crippen LogP contribution < -0.4 is 5.32 Å². The van der Waals surface area contributed by atoms with Gasteiger partial charge in [-0.25, -0.2) is 4.98 Å². The largest absolute Gasteiger partial charge is 0.419 e. The molecule has 3 nitrogen and oxygen atoms in total. The molecule has 1 saturated heterocycles. The molecule has 0 amide bonds. The zero-order chi connectivity index (χ0) is 14.8. The molecule has 0 aromatic carbocycles. The second-order valence-electron chi connectivity index (χ2n) is 4.93. The number of ether oxygens (including phenoxy) is 1. The molecule has 20 heavy (non-hydrogen) atoms. The molecule has 112 valence electrons. The predicted octanol–water partition coefficient (Wildman–Crippen LogP) is 4.09. The first kappa shape index (κ1) is 15.6. The molecule has 1 fully saturated rings. The lowest BCUT2D eigenvalue weighted by atomic mass is 9.93. The first-order valence-electron chi connectivity index (χ1n) is 6.45. The van der Waals surface area contributed by atoms with E-state index in [0.29, 0.717) is 23.6 Å². The van der Waals surface area contributed by atoms with Crippen LogP contribution in [-0.4, -0.2) is 24.2 Å². The summed E-state index contributed by atoms with van der Waals surface area (Å²) in [6.07, 6.45) is -1.35. The molecule has 1 unspecified atom stereocenters. The average Bonchev–Trinajstić information content (AvgIpc) is 2.40. The summed E-state index contributed by atoms with van der Waals surface area (Å²) in [7, 11) is 0. The van der Waals surface area contributed by atoms with Gasteiger partial charge in [0.2, 0.25) is 0 Å². The van der Waals surface area contributed by atoms with Gasteiger partial charge in [-0.2, -0.15) is 13.2 Å². The SMILES string of the molecule is CC(Nc1ncc(Br)cc1C(F)(F)F)C1CCOCC1. The average molecular weight is 353 g/mol. The van der Waals surface area contributed by atoms with Gasteiger partial charge in [-0.3, -0.25) is 0 Å². The number of hydrogen-bond acceptors (Lipinski definition) is 3. The third kappa shape index (κ3) is 3.85. The summed E-state index contributed by atoms with van der Waals surface area (Å²) in [5, 5.41) is 2.91. The van der Waals surface area contributed by atoms with E-state index in [1.54, 1.807) is 0 Å². The van der Waals surface area contributed by atoms with Gasteiger partial charge in [0.25, 0.3) is 0 Å². The Bertz CT molecular complexity index is 461. The molecule has 1 aromatic heterocycles. The van der Waals surface area contributed by atoms with E-state index in [-0.39, 0.29) is 11.9 Å². The van der Waals surface area contributed by atoms with Crippen LogP contribution in [0.3, 0.4) is 0 Å². The molecular formula is C13H16BrF3N2O. The van der Waals surface area contributed by atoms with Gasteiger partial charge in [0.15, 0.2) is 0 Å². The fourth-order valence-corrected chi connectivity index (χ4v) is 2.65. The first-order chi connectivity index (χ1) is 9.38. The maximum atomic E-state index is 13.0. The van der Waals surface area contributed by atoms with Crippen LogP contribution in [0.2, 0.25) is 0 Å². The second-order valence-corrected chi connectivity index (χ2v) is 5.85. The number of halogens is 4. The van der Waals surface area contributed by atoms with E-state index in [4.69, 9.17) is 4.74 Å². The highest BCUT2D eigenvalue weighted by Gasteiger charge is 2.35. The molecule has 1 atom stereocenters. The number of anilines is 1. The van der Waals surface area contributed by atoms with Crippen LogP contribution in [-0.2, 0) is 10.9 Å². The fourth-order valence-electron chi connectivity index (χ4n) is 2.32. The summed E-state index contributed by atoms with van der Waals surface area (Å²) in [6.45, 7) is 3.22. The van der Waals surface area contributed by atoms with E-state index in [2.05, 4.69) is 26.2 Å². The van der Waals surface area contributed by atoms with E-state index >= 15 is 0 Å². The number of alkyl halides is 3. The number of rotatable bonds is 3. The summed E-state index contributed by atoms with van der Waals surface area (Å²) in [6, 6.07) is 0.972. The highest BCUT2D eigenvalue weighted by atomic mass is 79.9. The Morgan fingerprint density at radius 3 is 2.65 bits per heavy atom. The van der Waals surface area contributed by atoms with Crippen molar-refractivity contribution in [1.29, 1.82) is 0 Å². The zero-order valence-electron chi connectivity index (χ0n) is 11.0. The van der Waals surface area contributed by atoms with Crippen LogP contribution in [0.5, 0.6) is 0 Å². The topological polar surface area (TPSA) is 34.2 Å². The molecule has 7 heteroatoms. The van der Waals surface area contributed by atoms with Gasteiger partial charge < -0.3 is 10.1 Å². The molecular weight excluding hydrogens is 337 g/mol. The van der Waals surface area contributed by atoms with Gasteiger partial charge in [0.05, 0.1) is 5.56 Å². The minimum absolute atomic E-state index is 0.0753. The van der Waals surface area contributed by atoms with Crippen molar-refractivity contribution in [3.8, 4) is 0 Å². The van der Waals surface area contributed by atoms with Crippen molar-refractivity contribution < 1.29 is 17.9 Å². The molecule has 1 aliphatic heterocycles. The number of nitrogens with one attached hydrogen (secondary N) is 1. The molecule has 1 aliphatic rings. The molecule has 0 bridgehead atoms. The number of nitrogens with zero attached hydrogens (tertiary/aromatic N) is 1. The molecule has 0 radical (unpaired) electrons.